The Hall–Kier alpha value is -0.240. The number of methoxy groups -OCH3 is 1. The Morgan fingerprint density at radius 1 is 1.50 bits per heavy atom. The second-order valence-corrected chi connectivity index (χ2v) is 4.74. The second kappa shape index (κ2) is 8.79. The summed E-state index contributed by atoms with van der Waals surface area (Å²) in [4.78, 5) is 2.16. The van der Waals surface area contributed by atoms with Gasteiger partial charge in [-0.3, -0.25) is 4.90 Å². The lowest BCUT2D eigenvalue weighted by molar-refractivity contribution is -0.0630. The maximum Gasteiger partial charge on any atom is 0.0900 e. The monoisotopic (exact) mass is 262 g/mol. The molecule has 0 bridgehead atoms. The van der Waals surface area contributed by atoms with E-state index >= 15 is 0 Å². The van der Waals surface area contributed by atoms with Crippen LogP contribution in [-0.2, 0) is 14.2 Å². The van der Waals surface area contributed by atoms with E-state index in [1.807, 2.05) is 6.92 Å². The summed E-state index contributed by atoms with van der Waals surface area (Å²) < 4.78 is 15.9. The van der Waals surface area contributed by atoms with Crippen LogP contribution in [0.5, 0.6) is 0 Å². The van der Waals surface area contributed by atoms with Crippen molar-refractivity contribution in [2.45, 2.75) is 25.2 Å². The zero-order chi connectivity index (χ0) is 13.4. The van der Waals surface area contributed by atoms with Crippen LogP contribution in [0.2, 0.25) is 0 Å². The first kappa shape index (κ1) is 15.8. The standard InChI is InChI=1S/C12H26N2O4/c1-10(8-16-2)18-9-11(15)6-14-3-4-17-12(5-13)7-14/h10-12,15H,3-9,13H2,1-2H3. The van der Waals surface area contributed by atoms with Crippen LogP contribution in [0, 0.1) is 0 Å². The van der Waals surface area contributed by atoms with Gasteiger partial charge in [-0.15, -0.1) is 0 Å². The first-order chi connectivity index (χ1) is 8.65. The Kier molecular flexibility index (Phi) is 7.73. The number of nitrogens with two attached hydrogens (primary N) is 1. The average molecular weight is 262 g/mol. The lowest BCUT2D eigenvalue weighted by atomic mass is 10.2. The predicted molar refractivity (Wildman–Crippen MR) is 68.5 cm³/mol. The number of ether oxygens (including phenoxy) is 3. The van der Waals surface area contributed by atoms with Crippen LogP contribution in [0.4, 0.5) is 0 Å². The van der Waals surface area contributed by atoms with Crippen molar-refractivity contribution in [1.29, 1.82) is 0 Å². The molecule has 6 heteroatoms. The van der Waals surface area contributed by atoms with Gasteiger partial charge in [0.1, 0.15) is 0 Å². The van der Waals surface area contributed by atoms with E-state index in [2.05, 4.69) is 4.90 Å². The van der Waals surface area contributed by atoms with Crippen LogP contribution >= 0.6 is 0 Å². The summed E-state index contributed by atoms with van der Waals surface area (Å²) in [6, 6.07) is 0. The van der Waals surface area contributed by atoms with E-state index < -0.39 is 6.10 Å². The zero-order valence-corrected chi connectivity index (χ0v) is 11.4. The number of hydrogen-bond acceptors (Lipinski definition) is 6. The van der Waals surface area contributed by atoms with Crippen molar-refractivity contribution in [3.05, 3.63) is 0 Å². The van der Waals surface area contributed by atoms with E-state index in [1.165, 1.54) is 0 Å². The molecule has 3 atom stereocenters. The Morgan fingerprint density at radius 3 is 2.94 bits per heavy atom. The number of rotatable bonds is 8. The molecule has 1 saturated heterocycles. The van der Waals surface area contributed by atoms with Crippen molar-refractivity contribution in [3.63, 3.8) is 0 Å². The highest BCUT2D eigenvalue weighted by Crippen LogP contribution is 2.05. The minimum absolute atomic E-state index is 0.00568. The maximum absolute atomic E-state index is 9.90. The summed E-state index contributed by atoms with van der Waals surface area (Å²) in [6.07, 6.45) is -0.397. The maximum atomic E-state index is 9.90. The molecule has 6 nitrogen and oxygen atoms in total. The van der Waals surface area contributed by atoms with Crippen LogP contribution in [0.1, 0.15) is 6.92 Å². The fourth-order valence-corrected chi connectivity index (χ4v) is 2.00. The van der Waals surface area contributed by atoms with Crippen LogP contribution in [0.3, 0.4) is 0 Å². The molecule has 0 spiro atoms. The van der Waals surface area contributed by atoms with Gasteiger partial charge in [0.05, 0.1) is 38.1 Å². The molecule has 1 heterocycles. The lowest BCUT2D eigenvalue weighted by Gasteiger charge is -2.33. The van der Waals surface area contributed by atoms with Crippen LogP contribution < -0.4 is 5.73 Å². The topological polar surface area (TPSA) is 77.2 Å². The van der Waals surface area contributed by atoms with Crippen LogP contribution in [0.25, 0.3) is 0 Å². The first-order valence-corrected chi connectivity index (χ1v) is 6.48. The molecule has 0 aromatic rings. The summed E-state index contributed by atoms with van der Waals surface area (Å²) in [5.41, 5.74) is 5.58. The highest BCUT2D eigenvalue weighted by Gasteiger charge is 2.21. The van der Waals surface area contributed by atoms with E-state index in [1.54, 1.807) is 7.11 Å². The molecule has 3 N–H and O–H groups in total. The van der Waals surface area contributed by atoms with Gasteiger partial charge in [-0.1, -0.05) is 0 Å². The van der Waals surface area contributed by atoms with E-state index in [0.717, 1.165) is 13.1 Å². The Labute approximate surface area is 109 Å². The molecule has 1 rings (SSSR count). The van der Waals surface area contributed by atoms with Gasteiger partial charge >= 0.3 is 0 Å². The molecule has 108 valence electrons. The minimum Gasteiger partial charge on any atom is -0.389 e. The average Bonchev–Trinajstić information content (AvgIpc) is 2.37. The molecule has 1 fully saturated rings. The quantitative estimate of drug-likeness (QED) is 0.588. The zero-order valence-electron chi connectivity index (χ0n) is 11.4. The molecule has 0 saturated carbocycles. The number of aliphatic hydroxyl groups excluding tert-OH is 1. The van der Waals surface area contributed by atoms with Gasteiger partial charge in [0.2, 0.25) is 0 Å². The summed E-state index contributed by atoms with van der Waals surface area (Å²) in [7, 11) is 1.64. The molecule has 18 heavy (non-hydrogen) atoms. The van der Waals surface area contributed by atoms with Gasteiger partial charge in [-0.2, -0.15) is 0 Å². The third-order valence-electron chi connectivity index (χ3n) is 2.93. The molecule has 1 aliphatic rings. The van der Waals surface area contributed by atoms with Crippen LogP contribution in [0.15, 0.2) is 0 Å². The summed E-state index contributed by atoms with van der Waals surface area (Å²) >= 11 is 0. The molecule has 3 unspecified atom stereocenters. The van der Waals surface area contributed by atoms with Crippen molar-refractivity contribution in [1.82, 2.24) is 4.90 Å². The van der Waals surface area contributed by atoms with Crippen molar-refractivity contribution in [2.24, 2.45) is 5.73 Å². The van der Waals surface area contributed by atoms with Gasteiger partial charge in [0, 0.05) is 33.3 Å². The predicted octanol–water partition coefficient (Wildman–Crippen LogP) is -0.942. The Morgan fingerprint density at radius 2 is 2.28 bits per heavy atom. The fourth-order valence-electron chi connectivity index (χ4n) is 2.00. The smallest absolute Gasteiger partial charge is 0.0900 e. The van der Waals surface area contributed by atoms with Crippen molar-refractivity contribution >= 4 is 0 Å². The number of morpholine rings is 1. The highest BCUT2D eigenvalue weighted by molar-refractivity contribution is 4.74. The third-order valence-corrected chi connectivity index (χ3v) is 2.93. The van der Waals surface area contributed by atoms with Crippen molar-refractivity contribution < 1.29 is 19.3 Å². The number of nitrogens with zero attached hydrogens (tertiary/aromatic N) is 1. The lowest BCUT2D eigenvalue weighted by Crippen LogP contribution is -2.48. The molecule has 0 aromatic heterocycles. The molecule has 0 aromatic carbocycles. The molecule has 0 amide bonds. The molecule has 0 aliphatic carbocycles. The Bertz CT molecular complexity index is 218. The molecule has 1 aliphatic heterocycles. The summed E-state index contributed by atoms with van der Waals surface area (Å²) in [5, 5.41) is 9.90. The van der Waals surface area contributed by atoms with E-state index in [0.29, 0.717) is 32.9 Å². The van der Waals surface area contributed by atoms with Gasteiger partial charge in [-0.25, -0.2) is 0 Å². The molecular weight excluding hydrogens is 236 g/mol. The number of β-amino-alcohol motifs (C(OH)–C–C–N with tert-alkyl or cyclic N) is 1. The molecular formula is C12H26N2O4. The number of hydrogen-bond donors (Lipinski definition) is 2. The largest absolute Gasteiger partial charge is 0.389 e. The summed E-state index contributed by atoms with van der Waals surface area (Å²) in [6.45, 7) is 6.20. The second-order valence-electron chi connectivity index (χ2n) is 4.74. The van der Waals surface area contributed by atoms with Gasteiger partial charge in [0.15, 0.2) is 0 Å². The van der Waals surface area contributed by atoms with E-state index in [4.69, 9.17) is 19.9 Å². The Balaban J connectivity index is 2.16. The number of aliphatic hydroxyl groups is 1. The SMILES string of the molecule is COCC(C)OCC(O)CN1CCOC(CN)C1. The van der Waals surface area contributed by atoms with Crippen LogP contribution in [-0.4, -0.2) is 81.4 Å². The van der Waals surface area contributed by atoms with E-state index in [9.17, 15) is 5.11 Å². The fraction of sp³-hybridized carbons (Fsp3) is 1.00. The van der Waals surface area contributed by atoms with Gasteiger partial charge < -0.3 is 25.1 Å². The summed E-state index contributed by atoms with van der Waals surface area (Å²) in [5.74, 6) is 0. The first-order valence-electron chi connectivity index (χ1n) is 6.48. The van der Waals surface area contributed by atoms with Crippen molar-refractivity contribution in [3.8, 4) is 0 Å². The third kappa shape index (κ3) is 6.08. The normalized spacial score (nSPS) is 25.0. The van der Waals surface area contributed by atoms with Crippen molar-refractivity contribution in [2.75, 3.05) is 53.1 Å². The highest BCUT2D eigenvalue weighted by atomic mass is 16.5. The van der Waals surface area contributed by atoms with Gasteiger partial charge in [0.25, 0.3) is 0 Å². The van der Waals surface area contributed by atoms with E-state index in [-0.39, 0.29) is 12.2 Å². The minimum atomic E-state index is -0.485. The molecule has 0 radical (unpaired) electrons. The van der Waals surface area contributed by atoms with Gasteiger partial charge in [-0.05, 0) is 6.92 Å².